The number of carboxylic acids is 1. The zero-order chi connectivity index (χ0) is 20.1. The Morgan fingerprint density at radius 3 is 2.30 bits per heavy atom. The quantitative estimate of drug-likeness (QED) is 0.542. The van der Waals surface area contributed by atoms with Gasteiger partial charge in [0.05, 0.1) is 11.8 Å². The minimum absolute atomic E-state index is 0.333. The fourth-order valence-corrected chi connectivity index (χ4v) is 3.09. The molecule has 146 valence electrons. The molecule has 3 N–H and O–H groups in total. The molecule has 0 heterocycles. The van der Waals surface area contributed by atoms with Crippen LogP contribution in [0, 0.1) is 18.8 Å². The Hall–Kier alpha value is -2.83. The van der Waals surface area contributed by atoms with Crippen LogP contribution in [0.3, 0.4) is 0 Å². The summed E-state index contributed by atoms with van der Waals surface area (Å²) < 4.78 is 5.56. The number of aliphatic carboxylic acids is 1. The molecule has 0 saturated heterocycles. The average Bonchev–Trinajstić information content (AvgIpc) is 2.61. The number of hydrogen-bond acceptors (Lipinski definition) is 4. The first-order valence-electron chi connectivity index (χ1n) is 8.90. The van der Waals surface area contributed by atoms with Gasteiger partial charge in [0, 0.05) is 0 Å². The van der Waals surface area contributed by atoms with E-state index in [1.54, 1.807) is 19.1 Å². The molecular formula is C20H26N2O5. The van der Waals surface area contributed by atoms with Crippen molar-refractivity contribution in [2.45, 2.75) is 46.6 Å². The van der Waals surface area contributed by atoms with Crippen LogP contribution in [0.1, 0.15) is 39.2 Å². The highest BCUT2D eigenvalue weighted by atomic mass is 16.5. The first-order chi connectivity index (χ1) is 12.7. The van der Waals surface area contributed by atoms with Crippen LogP contribution in [-0.4, -0.2) is 29.0 Å². The smallest absolute Gasteiger partial charge is 0.307 e. The van der Waals surface area contributed by atoms with Crippen molar-refractivity contribution >= 4 is 17.8 Å². The first-order valence-corrected chi connectivity index (χ1v) is 8.90. The van der Waals surface area contributed by atoms with Crippen molar-refractivity contribution in [2.75, 3.05) is 0 Å². The minimum atomic E-state index is -1.01. The molecule has 27 heavy (non-hydrogen) atoms. The molecule has 1 aliphatic rings. The van der Waals surface area contributed by atoms with Crippen molar-refractivity contribution in [3.8, 4) is 5.75 Å². The molecule has 0 aromatic heterocycles. The van der Waals surface area contributed by atoms with Crippen LogP contribution in [0.4, 0.5) is 0 Å². The maximum atomic E-state index is 12.4. The number of ether oxygens (including phenoxy) is 1. The summed E-state index contributed by atoms with van der Waals surface area (Å²) in [7, 11) is 0. The van der Waals surface area contributed by atoms with Crippen molar-refractivity contribution < 1.29 is 24.2 Å². The molecule has 0 saturated carbocycles. The lowest BCUT2D eigenvalue weighted by Crippen LogP contribution is -2.51. The van der Waals surface area contributed by atoms with Gasteiger partial charge in [0.15, 0.2) is 6.10 Å². The van der Waals surface area contributed by atoms with E-state index >= 15 is 0 Å². The van der Waals surface area contributed by atoms with Crippen LogP contribution in [0.15, 0.2) is 35.4 Å². The lowest BCUT2D eigenvalue weighted by Gasteiger charge is -2.29. The van der Waals surface area contributed by atoms with E-state index < -0.39 is 35.7 Å². The largest absolute Gasteiger partial charge is 0.481 e. The summed E-state index contributed by atoms with van der Waals surface area (Å²) in [5.41, 5.74) is 7.68. The summed E-state index contributed by atoms with van der Waals surface area (Å²) in [6, 6.07) is 7.29. The number of carbonyl (C=O) groups is 3. The second kappa shape index (κ2) is 8.70. The van der Waals surface area contributed by atoms with E-state index in [0.717, 1.165) is 16.7 Å². The molecule has 1 aromatic carbocycles. The Kier molecular flexibility index (Phi) is 6.60. The molecule has 2 amide bonds. The van der Waals surface area contributed by atoms with Crippen molar-refractivity contribution in [2.24, 2.45) is 11.8 Å². The number of carboxylic acid groups (broad SMARTS) is 1. The van der Waals surface area contributed by atoms with E-state index in [4.69, 9.17) is 4.74 Å². The molecule has 1 aliphatic carbocycles. The van der Waals surface area contributed by atoms with Gasteiger partial charge in [0.2, 0.25) is 5.91 Å². The normalized spacial score (nSPS) is 20.6. The van der Waals surface area contributed by atoms with Crippen molar-refractivity contribution in [1.82, 2.24) is 10.9 Å². The third-order valence-corrected chi connectivity index (χ3v) is 4.90. The summed E-state index contributed by atoms with van der Waals surface area (Å²) in [4.78, 5) is 36.1. The van der Waals surface area contributed by atoms with Crippen LogP contribution < -0.4 is 15.6 Å². The zero-order valence-electron chi connectivity index (χ0n) is 16.0. The minimum Gasteiger partial charge on any atom is -0.481 e. The molecule has 0 aliphatic heterocycles. The van der Waals surface area contributed by atoms with Gasteiger partial charge in [0.25, 0.3) is 5.91 Å². The molecule has 1 aromatic rings. The van der Waals surface area contributed by atoms with Gasteiger partial charge in [-0.1, -0.05) is 23.3 Å². The van der Waals surface area contributed by atoms with Gasteiger partial charge in [-0.15, -0.1) is 0 Å². The number of benzene rings is 1. The molecule has 0 bridgehead atoms. The number of rotatable bonds is 5. The van der Waals surface area contributed by atoms with Gasteiger partial charge in [-0.3, -0.25) is 25.2 Å². The maximum absolute atomic E-state index is 12.4. The van der Waals surface area contributed by atoms with Crippen molar-refractivity contribution in [1.29, 1.82) is 0 Å². The fraction of sp³-hybridized carbons (Fsp3) is 0.450. The highest BCUT2D eigenvalue weighted by Gasteiger charge is 2.37. The molecule has 7 nitrogen and oxygen atoms in total. The Morgan fingerprint density at radius 2 is 1.70 bits per heavy atom. The number of allylic oxidation sites excluding steroid dienone is 2. The second-order valence-corrected chi connectivity index (χ2v) is 7.08. The molecule has 0 unspecified atom stereocenters. The number of hydrazine groups is 1. The monoisotopic (exact) mass is 374 g/mol. The van der Waals surface area contributed by atoms with Gasteiger partial charge in [-0.25, -0.2) is 0 Å². The highest BCUT2D eigenvalue weighted by Crippen LogP contribution is 2.34. The summed E-state index contributed by atoms with van der Waals surface area (Å²) in [5.74, 6) is -3.00. The summed E-state index contributed by atoms with van der Waals surface area (Å²) in [6.45, 7) is 7.26. The first kappa shape index (κ1) is 20.5. The van der Waals surface area contributed by atoms with Crippen LogP contribution >= 0.6 is 0 Å². The standard InChI is InChI=1S/C20H26N2O5/c1-11-6-5-7-15(8-11)27-14(4)18(23)21-22-19(24)16-9-12(2)13(3)10-17(16)20(25)26/h5-8,14,16-17H,9-10H2,1-4H3,(H,21,23)(H,22,24)(H,25,26)/t14-,16+,17-/m0/s1. The molecule has 3 atom stereocenters. The van der Waals surface area contributed by atoms with E-state index in [-0.39, 0.29) is 0 Å². The molecule has 0 spiro atoms. The second-order valence-electron chi connectivity index (χ2n) is 7.08. The molecular weight excluding hydrogens is 348 g/mol. The lowest BCUT2D eigenvalue weighted by atomic mass is 9.76. The van der Waals surface area contributed by atoms with E-state index in [1.807, 2.05) is 32.9 Å². The Morgan fingerprint density at radius 1 is 1.07 bits per heavy atom. The van der Waals surface area contributed by atoms with Gasteiger partial charge >= 0.3 is 5.97 Å². The zero-order valence-corrected chi connectivity index (χ0v) is 16.0. The number of hydrogen-bond donors (Lipinski definition) is 3. The molecule has 2 rings (SSSR count). The molecule has 0 fully saturated rings. The SMILES string of the molecule is CC1=C(C)C[C@@H](C(=O)NNC(=O)[C@H](C)Oc2cccc(C)c2)[C@@H](C(=O)O)C1. The maximum Gasteiger partial charge on any atom is 0.307 e. The number of amides is 2. The van der Waals surface area contributed by atoms with Crippen molar-refractivity contribution in [3.05, 3.63) is 41.0 Å². The van der Waals surface area contributed by atoms with Gasteiger partial charge < -0.3 is 9.84 Å². The van der Waals surface area contributed by atoms with E-state index in [2.05, 4.69) is 10.9 Å². The fourth-order valence-electron chi connectivity index (χ4n) is 3.09. The van der Waals surface area contributed by atoms with Gasteiger partial charge in [0.1, 0.15) is 5.75 Å². The number of nitrogens with one attached hydrogen (secondary N) is 2. The number of carbonyl (C=O) groups excluding carboxylic acids is 2. The van der Waals surface area contributed by atoms with Crippen LogP contribution in [0.25, 0.3) is 0 Å². The van der Waals surface area contributed by atoms with Crippen molar-refractivity contribution in [3.63, 3.8) is 0 Å². The van der Waals surface area contributed by atoms with Crippen LogP contribution in [-0.2, 0) is 14.4 Å². The Bertz CT molecular complexity index is 771. The molecule has 0 radical (unpaired) electrons. The molecule has 7 heteroatoms. The lowest BCUT2D eigenvalue weighted by molar-refractivity contribution is -0.148. The van der Waals surface area contributed by atoms with E-state index in [1.165, 1.54) is 0 Å². The Labute approximate surface area is 158 Å². The topological polar surface area (TPSA) is 105 Å². The van der Waals surface area contributed by atoms with Crippen LogP contribution in [0.5, 0.6) is 5.75 Å². The third-order valence-electron chi connectivity index (χ3n) is 4.90. The predicted molar refractivity (Wildman–Crippen MR) is 99.8 cm³/mol. The highest BCUT2D eigenvalue weighted by molar-refractivity contribution is 5.88. The number of aryl methyl sites for hydroxylation is 1. The Balaban J connectivity index is 1.93. The van der Waals surface area contributed by atoms with E-state index in [0.29, 0.717) is 18.6 Å². The van der Waals surface area contributed by atoms with Crippen LogP contribution in [0.2, 0.25) is 0 Å². The predicted octanol–water partition coefficient (Wildman–Crippen LogP) is 2.36. The van der Waals surface area contributed by atoms with Gasteiger partial charge in [-0.05, 0) is 58.2 Å². The van der Waals surface area contributed by atoms with Gasteiger partial charge in [-0.2, -0.15) is 0 Å². The third kappa shape index (κ3) is 5.32. The summed E-state index contributed by atoms with van der Waals surface area (Å²) in [6.07, 6.45) is -0.127. The summed E-state index contributed by atoms with van der Waals surface area (Å²) >= 11 is 0. The summed E-state index contributed by atoms with van der Waals surface area (Å²) in [5, 5.41) is 9.40. The van der Waals surface area contributed by atoms with E-state index in [9.17, 15) is 19.5 Å². The average molecular weight is 374 g/mol.